The van der Waals surface area contributed by atoms with Crippen molar-refractivity contribution in [3.63, 3.8) is 0 Å². The zero-order valence-corrected chi connectivity index (χ0v) is 18.0. The number of nitrogens with zero attached hydrogens (tertiary/aromatic N) is 1. The molecule has 5 nitrogen and oxygen atoms in total. The molecular weight excluding hydrogens is 405 g/mol. The normalized spacial score (nSPS) is 15.5. The number of hydrogen-bond acceptors (Lipinski definition) is 2. The van der Waals surface area contributed by atoms with Crippen LogP contribution in [0.5, 0.6) is 5.75 Å². The minimum Gasteiger partial charge on any atom is -0.497 e. The lowest BCUT2D eigenvalue weighted by molar-refractivity contribution is 0.193. The van der Waals surface area contributed by atoms with Crippen LogP contribution in [0.15, 0.2) is 66.7 Å². The van der Waals surface area contributed by atoms with Gasteiger partial charge in [0.15, 0.2) is 0 Å². The van der Waals surface area contributed by atoms with Crippen LogP contribution in [0.4, 0.5) is 14.9 Å². The van der Waals surface area contributed by atoms with Crippen molar-refractivity contribution in [1.82, 2.24) is 9.88 Å². The summed E-state index contributed by atoms with van der Waals surface area (Å²) in [6, 6.07) is 19.6. The van der Waals surface area contributed by atoms with Crippen molar-refractivity contribution < 1.29 is 13.9 Å². The number of halogens is 1. The summed E-state index contributed by atoms with van der Waals surface area (Å²) in [5, 5.41) is 3.97. The highest BCUT2D eigenvalue weighted by Crippen LogP contribution is 2.39. The predicted octanol–water partition coefficient (Wildman–Crippen LogP) is 5.80. The smallest absolute Gasteiger partial charge is 0.322 e. The van der Waals surface area contributed by atoms with Gasteiger partial charge in [-0.2, -0.15) is 0 Å². The van der Waals surface area contributed by atoms with Crippen LogP contribution in [0.25, 0.3) is 10.9 Å². The highest BCUT2D eigenvalue weighted by atomic mass is 19.1. The van der Waals surface area contributed by atoms with Crippen molar-refractivity contribution in [1.29, 1.82) is 0 Å². The molecule has 0 saturated heterocycles. The number of aryl methyl sites for hydroxylation is 1. The Morgan fingerprint density at radius 2 is 1.94 bits per heavy atom. The van der Waals surface area contributed by atoms with E-state index in [2.05, 4.69) is 34.6 Å². The van der Waals surface area contributed by atoms with Crippen LogP contribution in [0, 0.1) is 12.7 Å². The van der Waals surface area contributed by atoms with Gasteiger partial charge in [-0.25, -0.2) is 9.18 Å². The van der Waals surface area contributed by atoms with Crippen molar-refractivity contribution in [3.05, 3.63) is 94.9 Å². The largest absolute Gasteiger partial charge is 0.497 e. The molecule has 5 rings (SSSR count). The molecule has 3 aromatic carbocycles. The maximum absolute atomic E-state index is 13.6. The van der Waals surface area contributed by atoms with Gasteiger partial charge < -0.3 is 19.9 Å². The minimum atomic E-state index is -0.386. The SMILES string of the molecule is COc1ccc2[nH]c3c(c2c1)CCN(C(=O)Nc1cccc(F)c1)[C@H]3c1ccc(C)cc1. The topological polar surface area (TPSA) is 57.4 Å². The molecule has 2 amide bonds. The van der Waals surface area contributed by atoms with Crippen molar-refractivity contribution in [2.24, 2.45) is 0 Å². The average Bonchev–Trinajstić information content (AvgIpc) is 3.17. The third-order valence-electron chi connectivity index (χ3n) is 6.06. The van der Waals surface area contributed by atoms with Crippen molar-refractivity contribution in [3.8, 4) is 5.75 Å². The number of anilines is 1. The van der Waals surface area contributed by atoms with Crippen LogP contribution in [-0.2, 0) is 6.42 Å². The number of fused-ring (bicyclic) bond motifs is 3. The first kappa shape index (κ1) is 20.1. The first-order valence-electron chi connectivity index (χ1n) is 10.6. The summed E-state index contributed by atoms with van der Waals surface area (Å²) < 4.78 is 19.1. The van der Waals surface area contributed by atoms with E-state index in [-0.39, 0.29) is 17.9 Å². The van der Waals surface area contributed by atoms with Gasteiger partial charge in [-0.05, 0) is 60.9 Å². The van der Waals surface area contributed by atoms with E-state index in [9.17, 15) is 9.18 Å². The van der Waals surface area contributed by atoms with Crippen LogP contribution >= 0.6 is 0 Å². The molecule has 1 aromatic heterocycles. The molecule has 0 spiro atoms. The maximum atomic E-state index is 13.6. The monoisotopic (exact) mass is 429 g/mol. The summed E-state index contributed by atoms with van der Waals surface area (Å²) in [5.74, 6) is 0.417. The number of urea groups is 1. The summed E-state index contributed by atoms with van der Waals surface area (Å²) >= 11 is 0. The minimum absolute atomic E-state index is 0.261. The summed E-state index contributed by atoms with van der Waals surface area (Å²) in [7, 11) is 1.66. The number of aromatic nitrogens is 1. The molecule has 2 N–H and O–H groups in total. The average molecular weight is 429 g/mol. The predicted molar refractivity (Wildman–Crippen MR) is 124 cm³/mol. The van der Waals surface area contributed by atoms with Crippen LogP contribution < -0.4 is 10.1 Å². The Morgan fingerprint density at radius 3 is 2.69 bits per heavy atom. The number of rotatable bonds is 3. The van der Waals surface area contributed by atoms with E-state index in [0.717, 1.165) is 33.5 Å². The van der Waals surface area contributed by atoms with Crippen molar-refractivity contribution >= 4 is 22.6 Å². The number of methoxy groups -OCH3 is 1. The fourth-order valence-electron chi connectivity index (χ4n) is 4.47. The molecule has 162 valence electrons. The zero-order chi connectivity index (χ0) is 22.2. The summed E-state index contributed by atoms with van der Waals surface area (Å²) in [4.78, 5) is 18.7. The Balaban J connectivity index is 1.58. The van der Waals surface area contributed by atoms with E-state index < -0.39 is 0 Å². The van der Waals surface area contributed by atoms with Gasteiger partial charge in [0.2, 0.25) is 0 Å². The number of carbonyl (C=O) groups is 1. The Morgan fingerprint density at radius 1 is 1.12 bits per heavy atom. The van der Waals surface area contributed by atoms with Gasteiger partial charge in [-0.15, -0.1) is 0 Å². The lowest BCUT2D eigenvalue weighted by Gasteiger charge is -2.36. The lowest BCUT2D eigenvalue weighted by Crippen LogP contribution is -2.43. The van der Waals surface area contributed by atoms with Crippen LogP contribution in [0.2, 0.25) is 0 Å². The molecule has 1 aliphatic heterocycles. The van der Waals surface area contributed by atoms with E-state index in [1.165, 1.54) is 17.7 Å². The van der Waals surface area contributed by atoms with Gasteiger partial charge in [0.25, 0.3) is 0 Å². The van der Waals surface area contributed by atoms with Crippen LogP contribution in [0.1, 0.15) is 28.4 Å². The molecule has 0 radical (unpaired) electrons. The van der Waals surface area contributed by atoms with Crippen molar-refractivity contribution in [2.45, 2.75) is 19.4 Å². The molecule has 1 atom stereocenters. The van der Waals surface area contributed by atoms with Gasteiger partial charge in [-0.3, -0.25) is 0 Å². The highest BCUT2D eigenvalue weighted by Gasteiger charge is 2.34. The number of aromatic amines is 1. The van der Waals surface area contributed by atoms with E-state index in [0.29, 0.717) is 18.7 Å². The van der Waals surface area contributed by atoms with Gasteiger partial charge in [0.05, 0.1) is 13.2 Å². The summed E-state index contributed by atoms with van der Waals surface area (Å²) in [6.07, 6.45) is 0.710. The number of nitrogens with one attached hydrogen (secondary N) is 2. The number of benzene rings is 3. The fraction of sp³-hybridized carbons (Fsp3) is 0.192. The molecule has 0 saturated carbocycles. The van der Waals surface area contributed by atoms with Crippen molar-refractivity contribution in [2.75, 3.05) is 19.0 Å². The fourth-order valence-corrected chi connectivity index (χ4v) is 4.47. The first-order valence-corrected chi connectivity index (χ1v) is 10.6. The molecular formula is C26H24FN3O2. The van der Waals surface area contributed by atoms with Gasteiger partial charge >= 0.3 is 6.03 Å². The standard InChI is InChI=1S/C26H24FN3O2/c1-16-6-8-17(9-7-16)25-24-21(22-15-20(32-2)10-11-23(22)29-24)12-13-30(25)26(31)28-19-5-3-4-18(27)14-19/h3-11,14-15,25,29H,12-13H2,1-2H3,(H,28,31)/t25-/m0/s1. The maximum Gasteiger partial charge on any atom is 0.322 e. The Bertz CT molecular complexity index is 1300. The molecule has 0 bridgehead atoms. The van der Waals surface area contributed by atoms with Gasteiger partial charge in [-0.1, -0.05) is 35.9 Å². The molecule has 32 heavy (non-hydrogen) atoms. The number of carbonyl (C=O) groups excluding carboxylic acids is 1. The highest BCUT2D eigenvalue weighted by molar-refractivity contribution is 5.92. The second-order valence-corrected chi connectivity index (χ2v) is 8.13. The lowest BCUT2D eigenvalue weighted by atomic mass is 9.92. The Hall–Kier alpha value is -3.80. The molecule has 0 fully saturated rings. The van der Waals surface area contributed by atoms with E-state index in [1.807, 2.05) is 30.0 Å². The van der Waals surface area contributed by atoms with E-state index in [1.54, 1.807) is 19.2 Å². The molecule has 6 heteroatoms. The molecule has 2 heterocycles. The second kappa shape index (κ2) is 8.04. The number of amides is 2. The van der Waals surface area contributed by atoms with Gasteiger partial charge in [0.1, 0.15) is 11.6 Å². The number of ether oxygens (including phenoxy) is 1. The van der Waals surface area contributed by atoms with E-state index >= 15 is 0 Å². The zero-order valence-electron chi connectivity index (χ0n) is 18.0. The van der Waals surface area contributed by atoms with Gasteiger partial charge in [0, 0.05) is 28.8 Å². The van der Waals surface area contributed by atoms with E-state index in [4.69, 9.17) is 4.74 Å². The summed E-state index contributed by atoms with van der Waals surface area (Å²) in [6.45, 7) is 2.58. The second-order valence-electron chi connectivity index (χ2n) is 8.13. The third kappa shape index (κ3) is 3.58. The van der Waals surface area contributed by atoms with Crippen LogP contribution in [0.3, 0.4) is 0 Å². The molecule has 0 aliphatic carbocycles. The quantitative estimate of drug-likeness (QED) is 0.432. The molecule has 0 unspecified atom stereocenters. The number of H-pyrrole nitrogens is 1. The molecule has 4 aromatic rings. The van der Waals surface area contributed by atoms with Crippen LogP contribution in [-0.4, -0.2) is 29.6 Å². The summed E-state index contributed by atoms with van der Waals surface area (Å²) in [5.41, 5.74) is 5.81. The number of hydrogen-bond donors (Lipinski definition) is 2. The molecule has 1 aliphatic rings. The third-order valence-corrected chi connectivity index (χ3v) is 6.06. The Labute approximate surface area is 185 Å². The Kier molecular flexibility index (Phi) is 5.05. The first-order chi connectivity index (χ1) is 15.5.